The standard InChI is InChI=1S/C17H11BrF2N2OS/c18-11-3-1-2-10(6-11)17-21-13(9-24-17)8-16(23)22-15-5-4-12(19)7-14(15)20/h1-7,9H,8H2,(H,22,23). The van der Waals surface area contributed by atoms with Gasteiger partial charge in [-0.2, -0.15) is 0 Å². The van der Waals surface area contributed by atoms with E-state index in [9.17, 15) is 13.6 Å². The van der Waals surface area contributed by atoms with Gasteiger partial charge in [0, 0.05) is 21.5 Å². The van der Waals surface area contributed by atoms with Crippen LogP contribution in [0.15, 0.2) is 52.3 Å². The van der Waals surface area contributed by atoms with Gasteiger partial charge < -0.3 is 5.32 Å². The lowest BCUT2D eigenvalue weighted by Crippen LogP contribution is -2.15. The molecule has 0 radical (unpaired) electrons. The lowest BCUT2D eigenvalue weighted by molar-refractivity contribution is -0.115. The van der Waals surface area contributed by atoms with Crippen LogP contribution in [0.25, 0.3) is 10.6 Å². The maximum atomic E-state index is 13.5. The molecular weight excluding hydrogens is 398 g/mol. The Morgan fingerprint density at radius 2 is 2.04 bits per heavy atom. The van der Waals surface area contributed by atoms with Crippen LogP contribution in [0, 0.1) is 11.6 Å². The van der Waals surface area contributed by atoms with Gasteiger partial charge in [0.25, 0.3) is 0 Å². The molecule has 24 heavy (non-hydrogen) atoms. The molecule has 0 bridgehead atoms. The molecule has 3 nitrogen and oxygen atoms in total. The number of thiazole rings is 1. The average Bonchev–Trinajstić information content (AvgIpc) is 2.98. The first-order chi connectivity index (χ1) is 11.5. The van der Waals surface area contributed by atoms with Crippen LogP contribution in [0.4, 0.5) is 14.5 Å². The predicted molar refractivity (Wildman–Crippen MR) is 93.9 cm³/mol. The SMILES string of the molecule is O=C(Cc1csc(-c2cccc(Br)c2)n1)Nc1ccc(F)cc1F. The van der Waals surface area contributed by atoms with E-state index in [2.05, 4.69) is 26.2 Å². The van der Waals surface area contributed by atoms with Gasteiger partial charge in [-0.05, 0) is 24.3 Å². The number of halogens is 3. The Hall–Kier alpha value is -2.12. The van der Waals surface area contributed by atoms with Crippen molar-refractivity contribution in [2.45, 2.75) is 6.42 Å². The third kappa shape index (κ3) is 4.04. The maximum absolute atomic E-state index is 13.5. The van der Waals surface area contributed by atoms with Gasteiger partial charge in [0.15, 0.2) is 0 Å². The number of hydrogen-bond acceptors (Lipinski definition) is 3. The molecular formula is C17H11BrF2N2OS. The Bertz CT molecular complexity index is 898. The number of carbonyl (C=O) groups is 1. The summed E-state index contributed by atoms with van der Waals surface area (Å²) in [5, 5.41) is 5.01. The van der Waals surface area contributed by atoms with Crippen molar-refractivity contribution in [3.63, 3.8) is 0 Å². The first kappa shape index (κ1) is 16.7. The molecule has 0 fully saturated rings. The number of carbonyl (C=O) groups excluding carboxylic acids is 1. The van der Waals surface area contributed by atoms with E-state index in [0.29, 0.717) is 5.69 Å². The minimum Gasteiger partial charge on any atom is -0.323 e. The van der Waals surface area contributed by atoms with Crippen molar-refractivity contribution in [3.8, 4) is 10.6 Å². The number of nitrogens with one attached hydrogen (secondary N) is 1. The van der Waals surface area contributed by atoms with E-state index in [1.165, 1.54) is 17.4 Å². The molecule has 2 aromatic carbocycles. The second kappa shape index (κ2) is 7.19. The second-order valence-corrected chi connectivity index (χ2v) is 6.78. The molecule has 3 aromatic rings. The van der Waals surface area contributed by atoms with Crippen molar-refractivity contribution in [1.82, 2.24) is 4.98 Å². The monoisotopic (exact) mass is 408 g/mol. The van der Waals surface area contributed by atoms with Crippen LogP contribution >= 0.6 is 27.3 Å². The number of anilines is 1. The molecule has 3 rings (SSSR count). The molecule has 1 heterocycles. The molecule has 1 N–H and O–H groups in total. The highest BCUT2D eigenvalue weighted by Gasteiger charge is 2.12. The molecule has 0 aliphatic heterocycles. The zero-order chi connectivity index (χ0) is 17.1. The first-order valence-corrected chi connectivity index (χ1v) is 8.64. The fourth-order valence-electron chi connectivity index (χ4n) is 2.09. The molecule has 0 unspecified atom stereocenters. The summed E-state index contributed by atoms with van der Waals surface area (Å²) in [5.74, 6) is -1.91. The van der Waals surface area contributed by atoms with Gasteiger partial charge in [-0.3, -0.25) is 4.79 Å². The van der Waals surface area contributed by atoms with Crippen LogP contribution in [-0.2, 0) is 11.2 Å². The lowest BCUT2D eigenvalue weighted by atomic mass is 10.2. The Morgan fingerprint density at radius 3 is 2.79 bits per heavy atom. The summed E-state index contributed by atoms with van der Waals surface area (Å²) in [5.41, 5.74) is 1.49. The Balaban J connectivity index is 1.69. The molecule has 122 valence electrons. The molecule has 0 atom stereocenters. The smallest absolute Gasteiger partial charge is 0.230 e. The molecule has 0 saturated carbocycles. The van der Waals surface area contributed by atoms with Crippen LogP contribution in [0.3, 0.4) is 0 Å². The van der Waals surface area contributed by atoms with Crippen molar-refractivity contribution in [2.75, 3.05) is 5.32 Å². The van der Waals surface area contributed by atoms with E-state index in [1.54, 1.807) is 5.38 Å². The van der Waals surface area contributed by atoms with Gasteiger partial charge in [-0.15, -0.1) is 11.3 Å². The van der Waals surface area contributed by atoms with Gasteiger partial charge in [0.05, 0.1) is 17.8 Å². The van der Waals surface area contributed by atoms with Crippen molar-refractivity contribution >= 4 is 38.9 Å². The number of nitrogens with zero attached hydrogens (tertiary/aromatic N) is 1. The van der Waals surface area contributed by atoms with Crippen LogP contribution < -0.4 is 5.32 Å². The molecule has 1 amide bonds. The summed E-state index contributed by atoms with van der Waals surface area (Å²) in [4.78, 5) is 16.4. The molecule has 0 aliphatic carbocycles. The highest BCUT2D eigenvalue weighted by molar-refractivity contribution is 9.10. The summed E-state index contributed by atoms with van der Waals surface area (Å²) in [6, 6.07) is 10.7. The fourth-order valence-corrected chi connectivity index (χ4v) is 3.31. The zero-order valence-corrected chi connectivity index (χ0v) is 14.6. The lowest BCUT2D eigenvalue weighted by Gasteiger charge is -2.05. The van der Waals surface area contributed by atoms with E-state index in [0.717, 1.165) is 27.2 Å². The molecule has 1 aromatic heterocycles. The summed E-state index contributed by atoms with van der Waals surface area (Å²) >= 11 is 4.84. The highest BCUT2D eigenvalue weighted by atomic mass is 79.9. The third-order valence-electron chi connectivity index (χ3n) is 3.17. The minimum atomic E-state index is -0.809. The summed E-state index contributed by atoms with van der Waals surface area (Å²) < 4.78 is 27.3. The van der Waals surface area contributed by atoms with Crippen LogP contribution in [0.2, 0.25) is 0 Å². The fraction of sp³-hybridized carbons (Fsp3) is 0.0588. The van der Waals surface area contributed by atoms with E-state index >= 15 is 0 Å². The Kier molecular flexibility index (Phi) is 5.01. The Morgan fingerprint density at radius 1 is 1.21 bits per heavy atom. The predicted octanol–water partition coefficient (Wildman–Crippen LogP) is 5.03. The van der Waals surface area contributed by atoms with Crippen LogP contribution in [-0.4, -0.2) is 10.9 Å². The van der Waals surface area contributed by atoms with Crippen molar-refractivity contribution < 1.29 is 13.6 Å². The number of hydrogen-bond donors (Lipinski definition) is 1. The maximum Gasteiger partial charge on any atom is 0.230 e. The third-order valence-corrected chi connectivity index (χ3v) is 4.60. The van der Waals surface area contributed by atoms with E-state index in [4.69, 9.17) is 0 Å². The van der Waals surface area contributed by atoms with E-state index in [1.807, 2.05) is 24.3 Å². The number of amides is 1. The van der Waals surface area contributed by atoms with Crippen LogP contribution in [0.5, 0.6) is 0 Å². The first-order valence-electron chi connectivity index (χ1n) is 6.96. The average molecular weight is 409 g/mol. The molecule has 0 spiro atoms. The summed E-state index contributed by atoms with van der Waals surface area (Å²) in [6.45, 7) is 0. The zero-order valence-electron chi connectivity index (χ0n) is 12.2. The van der Waals surface area contributed by atoms with Gasteiger partial charge >= 0.3 is 0 Å². The van der Waals surface area contributed by atoms with Gasteiger partial charge in [-0.25, -0.2) is 13.8 Å². The van der Waals surface area contributed by atoms with Gasteiger partial charge in [-0.1, -0.05) is 28.1 Å². The van der Waals surface area contributed by atoms with Gasteiger partial charge in [0.1, 0.15) is 16.6 Å². The van der Waals surface area contributed by atoms with Crippen molar-refractivity contribution in [1.29, 1.82) is 0 Å². The second-order valence-electron chi connectivity index (χ2n) is 5.00. The molecule has 0 aliphatic rings. The van der Waals surface area contributed by atoms with Crippen LogP contribution in [0.1, 0.15) is 5.69 Å². The largest absolute Gasteiger partial charge is 0.323 e. The molecule has 0 saturated heterocycles. The minimum absolute atomic E-state index is 0.0152. The molecule has 7 heteroatoms. The van der Waals surface area contributed by atoms with Gasteiger partial charge in [0.2, 0.25) is 5.91 Å². The summed E-state index contributed by atoms with van der Waals surface area (Å²) in [7, 11) is 0. The Labute approximate surface area is 149 Å². The van der Waals surface area contributed by atoms with Crippen molar-refractivity contribution in [2.24, 2.45) is 0 Å². The van der Waals surface area contributed by atoms with Crippen molar-refractivity contribution in [3.05, 3.63) is 69.6 Å². The normalized spacial score (nSPS) is 10.6. The highest BCUT2D eigenvalue weighted by Crippen LogP contribution is 2.26. The number of benzene rings is 2. The topological polar surface area (TPSA) is 42.0 Å². The number of rotatable bonds is 4. The quantitative estimate of drug-likeness (QED) is 0.657. The summed E-state index contributed by atoms with van der Waals surface area (Å²) in [6.07, 6.45) is 0.0152. The van der Waals surface area contributed by atoms with E-state index in [-0.39, 0.29) is 12.1 Å². The van der Waals surface area contributed by atoms with E-state index < -0.39 is 17.5 Å². The number of aromatic nitrogens is 1.